The Morgan fingerprint density at radius 2 is 2.19 bits per heavy atom. The first-order chi connectivity index (χ1) is 9.97. The molecular weight excluding hydrogens is 340 g/mol. The highest BCUT2D eigenvalue weighted by Crippen LogP contribution is 2.26. The Morgan fingerprint density at radius 1 is 1.43 bits per heavy atom. The minimum Gasteiger partial charge on any atom is -0.491 e. The van der Waals surface area contributed by atoms with Gasteiger partial charge in [-0.3, -0.25) is 4.79 Å². The molecule has 112 valence electrons. The first kappa shape index (κ1) is 15.4. The minimum absolute atomic E-state index is 0.0268. The van der Waals surface area contributed by atoms with E-state index in [1.54, 1.807) is 18.2 Å². The summed E-state index contributed by atoms with van der Waals surface area (Å²) in [5, 5.41) is 12.8. The van der Waals surface area contributed by atoms with Crippen molar-refractivity contribution in [3.63, 3.8) is 0 Å². The van der Waals surface area contributed by atoms with Crippen LogP contribution in [0.5, 0.6) is 11.6 Å². The summed E-state index contributed by atoms with van der Waals surface area (Å²) in [5.41, 5.74) is 1.09. The lowest BCUT2D eigenvalue weighted by molar-refractivity contribution is 0.109. The van der Waals surface area contributed by atoms with E-state index in [9.17, 15) is 4.79 Å². The zero-order chi connectivity index (χ0) is 15.4. The number of benzene rings is 1. The number of hydrogen-bond donors (Lipinski definition) is 1. The van der Waals surface area contributed by atoms with Gasteiger partial charge in [-0.2, -0.15) is 0 Å². The van der Waals surface area contributed by atoms with Crippen molar-refractivity contribution in [2.45, 2.75) is 26.6 Å². The molecule has 0 unspecified atom stereocenters. The van der Waals surface area contributed by atoms with Crippen LogP contribution in [0.3, 0.4) is 0 Å². The molecule has 0 amide bonds. The topological polar surface area (TPSA) is 73.6 Å². The predicted molar refractivity (Wildman–Crippen MR) is 79.2 cm³/mol. The average Bonchev–Trinajstić information content (AvgIpc) is 2.82. The minimum atomic E-state index is -0.247. The maximum absolute atomic E-state index is 11.7. The third kappa shape index (κ3) is 3.98. The first-order valence-electron chi connectivity index (χ1n) is 6.33. The van der Waals surface area contributed by atoms with Crippen molar-refractivity contribution in [2.75, 3.05) is 0 Å². The Labute approximate surface area is 130 Å². The van der Waals surface area contributed by atoms with Crippen molar-refractivity contribution >= 4 is 20.6 Å². The number of carbonyl (C=O) groups is 1. The number of rotatable bonds is 6. The number of nitrogens with zero attached hydrogens (tertiary/aromatic N) is 2. The van der Waals surface area contributed by atoms with E-state index in [2.05, 4.69) is 21.0 Å². The van der Waals surface area contributed by atoms with Crippen molar-refractivity contribution in [3.8, 4) is 11.6 Å². The molecule has 0 fully saturated rings. The van der Waals surface area contributed by atoms with Gasteiger partial charge in [-0.1, -0.05) is 11.2 Å². The molecule has 0 aliphatic heterocycles. The number of ether oxygens (including phenoxy) is 2. The van der Waals surface area contributed by atoms with E-state index in [1.165, 1.54) is 12.3 Å². The third-order valence-electron chi connectivity index (χ3n) is 2.62. The van der Waals surface area contributed by atoms with Crippen LogP contribution in [-0.4, -0.2) is 25.9 Å². The van der Waals surface area contributed by atoms with E-state index in [0.29, 0.717) is 21.7 Å². The highest BCUT2D eigenvalue weighted by Gasteiger charge is 2.16. The SMILES string of the molecule is CC(C)Oc1cccc(C(=O)Br)c1COc1ccn(O)n1. The van der Waals surface area contributed by atoms with E-state index >= 15 is 0 Å². The van der Waals surface area contributed by atoms with Crippen LogP contribution in [0.1, 0.15) is 29.8 Å². The molecule has 2 aromatic rings. The molecule has 1 heterocycles. The fraction of sp³-hybridized carbons (Fsp3) is 0.286. The van der Waals surface area contributed by atoms with E-state index < -0.39 is 0 Å². The third-order valence-corrected chi connectivity index (χ3v) is 3.05. The lowest BCUT2D eigenvalue weighted by Crippen LogP contribution is -2.11. The monoisotopic (exact) mass is 354 g/mol. The molecule has 7 heteroatoms. The quantitative estimate of drug-likeness (QED) is 0.637. The van der Waals surface area contributed by atoms with Gasteiger partial charge in [-0.05, 0) is 41.9 Å². The molecule has 1 aromatic carbocycles. The summed E-state index contributed by atoms with van der Waals surface area (Å²) in [5.74, 6) is 0.837. The molecule has 0 saturated carbocycles. The van der Waals surface area contributed by atoms with Crippen LogP contribution in [0.25, 0.3) is 0 Å². The largest absolute Gasteiger partial charge is 0.491 e. The highest BCUT2D eigenvalue weighted by molar-refractivity contribution is 9.18. The van der Waals surface area contributed by atoms with Gasteiger partial charge in [0.2, 0.25) is 10.6 Å². The van der Waals surface area contributed by atoms with Crippen molar-refractivity contribution in [3.05, 3.63) is 41.6 Å². The Morgan fingerprint density at radius 3 is 2.76 bits per heavy atom. The van der Waals surface area contributed by atoms with Gasteiger partial charge in [-0.15, -0.1) is 4.85 Å². The van der Waals surface area contributed by atoms with Gasteiger partial charge in [0.1, 0.15) is 12.4 Å². The average molecular weight is 355 g/mol. The Hall–Kier alpha value is -2.02. The lowest BCUT2D eigenvalue weighted by atomic mass is 10.1. The maximum atomic E-state index is 11.7. The second kappa shape index (κ2) is 6.62. The number of carbonyl (C=O) groups excluding carboxylic acids is 1. The van der Waals surface area contributed by atoms with E-state index in [4.69, 9.17) is 14.7 Å². The van der Waals surface area contributed by atoms with Crippen LogP contribution in [0, 0.1) is 0 Å². The standard InChI is InChI=1S/C14H15BrN2O4/c1-9(2)21-12-5-3-4-10(14(15)18)11(12)8-20-13-6-7-17(19)16-13/h3-7,9,19H,8H2,1-2H3. The molecule has 0 atom stereocenters. The van der Waals surface area contributed by atoms with Crippen molar-refractivity contribution in [1.82, 2.24) is 9.94 Å². The predicted octanol–water partition coefficient (Wildman–Crippen LogP) is 3.02. The normalized spacial score (nSPS) is 10.7. The van der Waals surface area contributed by atoms with Crippen molar-refractivity contribution < 1.29 is 19.5 Å². The second-order valence-corrected chi connectivity index (χ2v) is 5.31. The first-order valence-corrected chi connectivity index (χ1v) is 7.12. The van der Waals surface area contributed by atoms with Crippen molar-refractivity contribution in [2.24, 2.45) is 0 Å². The highest BCUT2D eigenvalue weighted by atomic mass is 79.9. The summed E-state index contributed by atoms with van der Waals surface area (Å²) in [7, 11) is 0. The maximum Gasteiger partial charge on any atom is 0.236 e. The summed E-state index contributed by atoms with van der Waals surface area (Å²) in [6, 6.07) is 6.73. The van der Waals surface area contributed by atoms with Gasteiger partial charge >= 0.3 is 0 Å². The summed E-state index contributed by atoms with van der Waals surface area (Å²) < 4.78 is 10.9. The summed E-state index contributed by atoms with van der Waals surface area (Å²) in [6.07, 6.45) is 1.32. The van der Waals surface area contributed by atoms with Crippen LogP contribution in [0.4, 0.5) is 0 Å². The fourth-order valence-corrected chi connectivity index (χ4v) is 2.16. The molecular formula is C14H15BrN2O4. The molecule has 0 radical (unpaired) electrons. The van der Waals surface area contributed by atoms with E-state index in [1.807, 2.05) is 13.8 Å². The van der Waals surface area contributed by atoms with Crippen LogP contribution in [0.2, 0.25) is 0 Å². The molecule has 2 rings (SSSR count). The Balaban J connectivity index is 2.27. The second-order valence-electron chi connectivity index (χ2n) is 4.59. The number of hydrogen-bond acceptors (Lipinski definition) is 5. The zero-order valence-corrected chi connectivity index (χ0v) is 13.2. The molecule has 0 saturated heterocycles. The molecule has 0 spiro atoms. The van der Waals surface area contributed by atoms with E-state index in [0.717, 1.165) is 0 Å². The van der Waals surface area contributed by atoms with Crippen LogP contribution >= 0.6 is 15.9 Å². The Kier molecular flexibility index (Phi) is 4.85. The number of aromatic nitrogens is 2. The molecule has 6 nitrogen and oxygen atoms in total. The summed E-state index contributed by atoms with van der Waals surface area (Å²) in [4.78, 5) is 12.3. The van der Waals surface area contributed by atoms with Gasteiger partial charge in [-0.25, -0.2) is 0 Å². The Bertz CT molecular complexity index is 640. The lowest BCUT2D eigenvalue weighted by Gasteiger charge is -2.16. The summed E-state index contributed by atoms with van der Waals surface area (Å²) >= 11 is 2.95. The van der Waals surface area contributed by atoms with Crippen LogP contribution in [-0.2, 0) is 6.61 Å². The van der Waals surface area contributed by atoms with Gasteiger partial charge in [0.15, 0.2) is 0 Å². The smallest absolute Gasteiger partial charge is 0.236 e. The van der Waals surface area contributed by atoms with Crippen molar-refractivity contribution in [1.29, 1.82) is 0 Å². The molecule has 0 aliphatic rings. The zero-order valence-electron chi connectivity index (χ0n) is 11.6. The van der Waals surface area contributed by atoms with Crippen LogP contribution < -0.4 is 9.47 Å². The molecule has 0 bridgehead atoms. The molecule has 21 heavy (non-hydrogen) atoms. The van der Waals surface area contributed by atoms with Gasteiger partial charge in [0.05, 0.1) is 12.3 Å². The number of halogens is 1. The summed E-state index contributed by atoms with van der Waals surface area (Å²) in [6.45, 7) is 3.91. The van der Waals surface area contributed by atoms with E-state index in [-0.39, 0.29) is 23.3 Å². The fourth-order valence-electron chi connectivity index (χ4n) is 1.78. The molecule has 1 N–H and O–H groups in total. The van der Waals surface area contributed by atoms with Gasteiger partial charge in [0, 0.05) is 17.2 Å². The van der Waals surface area contributed by atoms with Crippen LogP contribution in [0.15, 0.2) is 30.5 Å². The molecule has 1 aromatic heterocycles. The van der Waals surface area contributed by atoms with Gasteiger partial charge in [0.25, 0.3) is 0 Å². The molecule has 0 aliphatic carbocycles. The van der Waals surface area contributed by atoms with Gasteiger partial charge < -0.3 is 14.7 Å².